The standard InChI is InChI=1S/C22H24N2O3/c1-27-16-15-24-14-13-18-19(22(24)26)10-6-11-20(18)23-21(25)12-5-9-17-7-3-2-4-8-17/h2-4,6-8,10-11,13-14H,5,9,12,15-16H2,1H3,(H,23,25). The van der Waals surface area contributed by atoms with E-state index in [1.54, 1.807) is 30.0 Å². The van der Waals surface area contributed by atoms with E-state index in [9.17, 15) is 9.59 Å². The summed E-state index contributed by atoms with van der Waals surface area (Å²) in [6, 6.07) is 17.4. The molecule has 3 rings (SSSR count). The Morgan fingerprint density at radius 3 is 2.63 bits per heavy atom. The number of benzene rings is 2. The summed E-state index contributed by atoms with van der Waals surface area (Å²) in [7, 11) is 1.61. The highest BCUT2D eigenvalue weighted by Crippen LogP contribution is 2.21. The molecule has 5 nitrogen and oxygen atoms in total. The minimum Gasteiger partial charge on any atom is -0.383 e. The largest absolute Gasteiger partial charge is 0.383 e. The second kappa shape index (κ2) is 9.14. The first-order chi connectivity index (χ1) is 13.2. The maximum Gasteiger partial charge on any atom is 0.258 e. The lowest BCUT2D eigenvalue weighted by Crippen LogP contribution is -2.22. The summed E-state index contributed by atoms with van der Waals surface area (Å²) < 4.78 is 6.66. The summed E-state index contributed by atoms with van der Waals surface area (Å²) >= 11 is 0. The number of nitrogens with one attached hydrogen (secondary N) is 1. The molecule has 0 bridgehead atoms. The van der Waals surface area contributed by atoms with Crippen molar-refractivity contribution in [2.45, 2.75) is 25.8 Å². The summed E-state index contributed by atoms with van der Waals surface area (Å²) in [5.41, 5.74) is 1.82. The Morgan fingerprint density at radius 1 is 1.04 bits per heavy atom. The van der Waals surface area contributed by atoms with Gasteiger partial charge in [0.2, 0.25) is 5.91 Å². The van der Waals surface area contributed by atoms with Crippen LogP contribution in [0.4, 0.5) is 5.69 Å². The average molecular weight is 364 g/mol. The minimum atomic E-state index is -0.0790. The lowest BCUT2D eigenvalue weighted by Gasteiger charge is -2.11. The Hall–Kier alpha value is -2.92. The van der Waals surface area contributed by atoms with E-state index in [-0.39, 0.29) is 11.5 Å². The molecule has 0 radical (unpaired) electrons. The van der Waals surface area contributed by atoms with Crippen LogP contribution in [0.5, 0.6) is 0 Å². The second-order valence-corrected chi connectivity index (χ2v) is 6.46. The van der Waals surface area contributed by atoms with Crippen LogP contribution < -0.4 is 10.9 Å². The van der Waals surface area contributed by atoms with Crippen molar-refractivity contribution in [3.05, 3.63) is 76.7 Å². The van der Waals surface area contributed by atoms with Gasteiger partial charge in [0.1, 0.15) is 0 Å². The number of ether oxygens (including phenoxy) is 1. The molecule has 27 heavy (non-hydrogen) atoms. The molecule has 1 aromatic heterocycles. The SMILES string of the molecule is COCCn1ccc2c(NC(=O)CCCc3ccccc3)cccc2c1=O. The first kappa shape index (κ1) is 18.9. The van der Waals surface area contributed by atoms with Gasteiger partial charge in [-0.1, -0.05) is 36.4 Å². The van der Waals surface area contributed by atoms with Crippen LogP contribution in [-0.4, -0.2) is 24.2 Å². The zero-order valence-corrected chi connectivity index (χ0v) is 15.5. The topological polar surface area (TPSA) is 60.3 Å². The van der Waals surface area contributed by atoms with E-state index in [4.69, 9.17) is 4.74 Å². The first-order valence-electron chi connectivity index (χ1n) is 9.14. The van der Waals surface area contributed by atoms with Crippen molar-refractivity contribution in [2.24, 2.45) is 0 Å². The third kappa shape index (κ3) is 4.83. The van der Waals surface area contributed by atoms with Gasteiger partial charge in [-0.25, -0.2) is 0 Å². The van der Waals surface area contributed by atoms with Gasteiger partial charge in [0.25, 0.3) is 5.56 Å². The molecule has 0 spiro atoms. The lowest BCUT2D eigenvalue weighted by molar-refractivity contribution is -0.116. The Labute approximate surface area is 158 Å². The van der Waals surface area contributed by atoms with Crippen LogP contribution in [0.1, 0.15) is 18.4 Å². The number of carbonyl (C=O) groups is 1. The van der Waals surface area contributed by atoms with Crippen LogP contribution in [0, 0.1) is 0 Å². The van der Waals surface area contributed by atoms with Crippen molar-refractivity contribution in [3.63, 3.8) is 0 Å². The summed E-state index contributed by atoms with van der Waals surface area (Å²) in [4.78, 5) is 24.9. The van der Waals surface area contributed by atoms with Crippen LogP contribution in [0.2, 0.25) is 0 Å². The number of hydrogen-bond donors (Lipinski definition) is 1. The fourth-order valence-corrected chi connectivity index (χ4v) is 3.10. The molecule has 0 unspecified atom stereocenters. The molecule has 0 aliphatic carbocycles. The Kier molecular flexibility index (Phi) is 6.39. The van der Waals surface area contributed by atoms with Gasteiger partial charge in [0, 0.05) is 42.7 Å². The Balaban J connectivity index is 1.68. The summed E-state index contributed by atoms with van der Waals surface area (Å²) in [6.45, 7) is 0.977. The fraction of sp³-hybridized carbons (Fsp3) is 0.273. The van der Waals surface area contributed by atoms with Gasteiger partial charge >= 0.3 is 0 Å². The lowest BCUT2D eigenvalue weighted by atomic mass is 10.1. The number of nitrogens with zero attached hydrogens (tertiary/aromatic N) is 1. The number of carbonyl (C=O) groups excluding carboxylic acids is 1. The minimum absolute atomic E-state index is 0.0398. The third-order valence-electron chi connectivity index (χ3n) is 4.54. The quantitative estimate of drug-likeness (QED) is 0.664. The number of anilines is 1. The summed E-state index contributed by atoms with van der Waals surface area (Å²) in [6.07, 6.45) is 3.84. The normalized spacial score (nSPS) is 10.9. The molecule has 5 heteroatoms. The second-order valence-electron chi connectivity index (χ2n) is 6.46. The molecule has 140 valence electrons. The van der Waals surface area contributed by atoms with Crippen molar-refractivity contribution < 1.29 is 9.53 Å². The monoisotopic (exact) mass is 364 g/mol. The predicted octanol–water partition coefficient (Wildman–Crippen LogP) is 3.61. The van der Waals surface area contributed by atoms with Gasteiger partial charge in [-0.05, 0) is 36.6 Å². The molecule has 0 aliphatic rings. The highest BCUT2D eigenvalue weighted by atomic mass is 16.5. The van der Waals surface area contributed by atoms with Crippen LogP contribution in [-0.2, 0) is 22.5 Å². The van der Waals surface area contributed by atoms with Gasteiger partial charge in [-0.3, -0.25) is 9.59 Å². The van der Waals surface area contributed by atoms with Crippen molar-refractivity contribution in [1.82, 2.24) is 4.57 Å². The molecular formula is C22H24N2O3. The molecule has 2 aromatic carbocycles. The maximum atomic E-state index is 12.6. The summed E-state index contributed by atoms with van der Waals surface area (Å²) in [5.74, 6) is -0.0398. The molecule has 0 aliphatic heterocycles. The van der Waals surface area contributed by atoms with Crippen LogP contribution in [0.25, 0.3) is 10.8 Å². The number of fused-ring (bicyclic) bond motifs is 1. The van der Waals surface area contributed by atoms with E-state index >= 15 is 0 Å². The van der Waals surface area contributed by atoms with Crippen molar-refractivity contribution in [3.8, 4) is 0 Å². The van der Waals surface area contributed by atoms with Crippen molar-refractivity contribution >= 4 is 22.4 Å². The molecule has 1 heterocycles. The number of rotatable bonds is 8. The summed E-state index contributed by atoms with van der Waals surface area (Å²) in [5, 5.41) is 4.30. The number of aryl methyl sites for hydroxylation is 1. The van der Waals surface area contributed by atoms with Gasteiger partial charge < -0.3 is 14.6 Å². The number of hydrogen-bond acceptors (Lipinski definition) is 3. The zero-order chi connectivity index (χ0) is 19.1. The molecule has 1 N–H and O–H groups in total. The molecular weight excluding hydrogens is 340 g/mol. The molecule has 3 aromatic rings. The van der Waals surface area contributed by atoms with Gasteiger partial charge in [-0.2, -0.15) is 0 Å². The maximum absolute atomic E-state index is 12.6. The highest BCUT2D eigenvalue weighted by Gasteiger charge is 2.09. The molecule has 0 saturated heterocycles. The average Bonchev–Trinajstić information content (AvgIpc) is 2.69. The number of amides is 1. The Bertz CT molecular complexity index is 964. The van der Waals surface area contributed by atoms with Crippen molar-refractivity contribution in [1.29, 1.82) is 0 Å². The van der Waals surface area contributed by atoms with E-state index in [1.165, 1.54) is 5.56 Å². The van der Waals surface area contributed by atoms with Gasteiger partial charge in [0.05, 0.1) is 6.61 Å². The van der Waals surface area contributed by atoms with Crippen LogP contribution >= 0.6 is 0 Å². The van der Waals surface area contributed by atoms with Gasteiger partial charge in [0.15, 0.2) is 0 Å². The smallest absolute Gasteiger partial charge is 0.258 e. The van der Waals surface area contributed by atoms with E-state index in [0.717, 1.165) is 18.2 Å². The molecule has 1 amide bonds. The number of aromatic nitrogens is 1. The van der Waals surface area contributed by atoms with Crippen LogP contribution in [0.15, 0.2) is 65.6 Å². The zero-order valence-electron chi connectivity index (χ0n) is 15.5. The molecule has 0 fully saturated rings. The molecule has 0 saturated carbocycles. The number of pyridine rings is 1. The first-order valence-corrected chi connectivity index (χ1v) is 9.14. The third-order valence-corrected chi connectivity index (χ3v) is 4.54. The predicted molar refractivity (Wildman–Crippen MR) is 108 cm³/mol. The van der Waals surface area contributed by atoms with Crippen molar-refractivity contribution in [2.75, 3.05) is 19.0 Å². The highest BCUT2D eigenvalue weighted by molar-refractivity contribution is 6.01. The molecule has 0 atom stereocenters. The van der Waals surface area contributed by atoms with Gasteiger partial charge in [-0.15, -0.1) is 0 Å². The number of methoxy groups -OCH3 is 1. The Morgan fingerprint density at radius 2 is 1.85 bits per heavy atom. The van der Waals surface area contributed by atoms with E-state index in [0.29, 0.717) is 30.6 Å². The van der Waals surface area contributed by atoms with E-state index < -0.39 is 0 Å². The van der Waals surface area contributed by atoms with E-state index in [2.05, 4.69) is 17.4 Å². The van der Waals surface area contributed by atoms with E-state index in [1.807, 2.05) is 30.3 Å². The fourth-order valence-electron chi connectivity index (χ4n) is 3.10. The van der Waals surface area contributed by atoms with Crippen LogP contribution in [0.3, 0.4) is 0 Å².